The van der Waals surface area contributed by atoms with E-state index in [0.717, 1.165) is 0 Å². The van der Waals surface area contributed by atoms with Gasteiger partial charge in [0, 0.05) is 25.3 Å². The van der Waals surface area contributed by atoms with Gasteiger partial charge in [-0.2, -0.15) is 0 Å². The molecular weight excluding hydrogens is 264 g/mol. The van der Waals surface area contributed by atoms with E-state index in [-0.39, 0.29) is 17.1 Å². The van der Waals surface area contributed by atoms with Crippen LogP contribution in [0.3, 0.4) is 0 Å². The first-order valence-corrected chi connectivity index (χ1v) is 5.83. The van der Waals surface area contributed by atoms with E-state index in [0.29, 0.717) is 10.9 Å². The Morgan fingerprint density at radius 3 is 2.35 bits per heavy atom. The van der Waals surface area contributed by atoms with E-state index in [1.807, 2.05) is 0 Å². The van der Waals surface area contributed by atoms with Crippen molar-refractivity contribution in [1.29, 1.82) is 0 Å². The topological polar surface area (TPSA) is 82.8 Å². The van der Waals surface area contributed by atoms with E-state index < -0.39 is 17.6 Å². The summed E-state index contributed by atoms with van der Waals surface area (Å²) >= 11 is 0. The summed E-state index contributed by atoms with van der Waals surface area (Å²) in [4.78, 5) is 33.7. The number of hydrogen-bond acceptors (Lipinski definition) is 6. The minimum absolute atomic E-state index is 0.0222. The van der Waals surface area contributed by atoms with E-state index in [4.69, 9.17) is 13.9 Å². The van der Waals surface area contributed by atoms with Gasteiger partial charge in [-0.1, -0.05) is 0 Å². The summed E-state index contributed by atoms with van der Waals surface area (Å²) < 4.78 is 15.0. The van der Waals surface area contributed by atoms with E-state index in [9.17, 15) is 14.4 Å². The molecule has 0 radical (unpaired) electrons. The van der Waals surface area contributed by atoms with Gasteiger partial charge in [0.05, 0.1) is 0 Å². The molecule has 1 aromatic heterocycles. The van der Waals surface area contributed by atoms with Crippen LogP contribution < -0.4 is 15.1 Å². The molecule has 0 bridgehead atoms. The smallest absolute Gasteiger partial charge is 0.336 e. The number of fused-ring (bicyclic) bond motifs is 1. The quantitative estimate of drug-likeness (QED) is 0.473. The zero-order valence-electron chi connectivity index (χ0n) is 11.2. The van der Waals surface area contributed by atoms with Gasteiger partial charge in [-0.25, -0.2) is 4.79 Å². The van der Waals surface area contributed by atoms with Crippen molar-refractivity contribution >= 4 is 22.9 Å². The number of benzene rings is 1. The van der Waals surface area contributed by atoms with Crippen molar-refractivity contribution in [2.75, 3.05) is 0 Å². The molecule has 0 spiro atoms. The Kier molecular flexibility index (Phi) is 3.56. The molecule has 0 aliphatic heterocycles. The predicted octanol–water partition coefficient (Wildman–Crippen LogP) is 1.95. The molecule has 1 aromatic carbocycles. The van der Waals surface area contributed by atoms with Gasteiger partial charge in [-0.05, 0) is 24.6 Å². The molecule has 0 aliphatic carbocycles. The van der Waals surface area contributed by atoms with Crippen molar-refractivity contribution < 1.29 is 23.5 Å². The standard InChI is InChI=1S/C14H12O6/c1-7-6-12(17)20-13-10(7)4-5-11(18-8(2)15)14(13)19-9(3)16/h4-6H,1-3H3. The van der Waals surface area contributed by atoms with Crippen LogP contribution >= 0.6 is 0 Å². The lowest BCUT2D eigenvalue weighted by molar-refractivity contribution is -0.134. The van der Waals surface area contributed by atoms with E-state index in [2.05, 4.69) is 0 Å². The van der Waals surface area contributed by atoms with Crippen LogP contribution in [-0.2, 0) is 9.59 Å². The van der Waals surface area contributed by atoms with Gasteiger partial charge in [0.25, 0.3) is 0 Å². The molecule has 6 nitrogen and oxygen atoms in total. The number of hydrogen-bond donors (Lipinski definition) is 0. The highest BCUT2D eigenvalue weighted by Gasteiger charge is 2.18. The molecule has 0 atom stereocenters. The predicted molar refractivity (Wildman–Crippen MR) is 69.8 cm³/mol. The van der Waals surface area contributed by atoms with Crippen molar-refractivity contribution in [2.45, 2.75) is 20.8 Å². The molecule has 2 aromatic rings. The fraction of sp³-hybridized carbons (Fsp3) is 0.214. The number of ether oxygens (including phenoxy) is 2. The third-order valence-electron chi connectivity index (χ3n) is 2.54. The first kappa shape index (κ1) is 13.8. The molecule has 0 saturated carbocycles. The second-order valence-corrected chi connectivity index (χ2v) is 4.21. The fourth-order valence-electron chi connectivity index (χ4n) is 1.82. The third-order valence-corrected chi connectivity index (χ3v) is 2.54. The van der Waals surface area contributed by atoms with Crippen LogP contribution in [-0.4, -0.2) is 11.9 Å². The maximum atomic E-state index is 11.5. The van der Waals surface area contributed by atoms with Gasteiger partial charge in [0.1, 0.15) is 0 Å². The summed E-state index contributed by atoms with van der Waals surface area (Å²) in [6.07, 6.45) is 0. The van der Waals surface area contributed by atoms with E-state index in [1.165, 1.54) is 26.0 Å². The van der Waals surface area contributed by atoms with Crippen LogP contribution in [0, 0.1) is 6.92 Å². The van der Waals surface area contributed by atoms with Crippen LogP contribution in [0.25, 0.3) is 11.0 Å². The van der Waals surface area contributed by atoms with Gasteiger partial charge in [-0.15, -0.1) is 0 Å². The summed E-state index contributed by atoms with van der Waals surface area (Å²) in [6, 6.07) is 4.43. The number of rotatable bonds is 2. The van der Waals surface area contributed by atoms with Crippen molar-refractivity contribution in [3.05, 3.63) is 34.2 Å². The van der Waals surface area contributed by atoms with Crippen LogP contribution in [0.2, 0.25) is 0 Å². The lowest BCUT2D eigenvalue weighted by Crippen LogP contribution is -2.08. The highest BCUT2D eigenvalue weighted by molar-refractivity contribution is 5.90. The molecule has 0 aliphatic rings. The Morgan fingerprint density at radius 1 is 1.10 bits per heavy atom. The lowest BCUT2D eigenvalue weighted by Gasteiger charge is -2.11. The largest absolute Gasteiger partial charge is 0.423 e. The average molecular weight is 276 g/mol. The van der Waals surface area contributed by atoms with Gasteiger partial charge in [-0.3, -0.25) is 9.59 Å². The molecule has 1 heterocycles. The number of carbonyl (C=O) groups excluding carboxylic acids is 2. The van der Waals surface area contributed by atoms with E-state index >= 15 is 0 Å². The molecule has 6 heteroatoms. The van der Waals surface area contributed by atoms with Gasteiger partial charge in [0.2, 0.25) is 5.75 Å². The molecule has 2 rings (SSSR count). The van der Waals surface area contributed by atoms with Crippen molar-refractivity contribution in [3.8, 4) is 11.5 Å². The highest BCUT2D eigenvalue weighted by Crippen LogP contribution is 2.36. The first-order chi connectivity index (χ1) is 9.38. The van der Waals surface area contributed by atoms with Gasteiger partial charge >= 0.3 is 17.6 Å². The van der Waals surface area contributed by atoms with Gasteiger partial charge < -0.3 is 13.9 Å². The highest BCUT2D eigenvalue weighted by atomic mass is 16.6. The molecular formula is C14H12O6. The SMILES string of the molecule is CC(=O)Oc1ccc2c(C)cc(=O)oc2c1OC(C)=O. The van der Waals surface area contributed by atoms with Crippen LogP contribution in [0.5, 0.6) is 11.5 Å². The maximum Gasteiger partial charge on any atom is 0.336 e. The zero-order chi connectivity index (χ0) is 14.9. The van der Waals surface area contributed by atoms with Gasteiger partial charge in [0.15, 0.2) is 11.3 Å². The maximum absolute atomic E-state index is 11.5. The van der Waals surface area contributed by atoms with Crippen LogP contribution in [0.1, 0.15) is 19.4 Å². The molecule has 0 fully saturated rings. The number of carbonyl (C=O) groups is 2. The number of aryl methyl sites for hydroxylation is 1. The van der Waals surface area contributed by atoms with Crippen molar-refractivity contribution in [3.63, 3.8) is 0 Å². The molecule has 0 amide bonds. The van der Waals surface area contributed by atoms with E-state index in [1.54, 1.807) is 13.0 Å². The lowest BCUT2D eigenvalue weighted by atomic mass is 10.1. The molecule has 0 unspecified atom stereocenters. The zero-order valence-corrected chi connectivity index (χ0v) is 11.2. The Balaban J connectivity index is 2.78. The summed E-state index contributed by atoms with van der Waals surface area (Å²) in [5.74, 6) is -1.25. The summed E-state index contributed by atoms with van der Waals surface area (Å²) in [6.45, 7) is 4.14. The molecule has 20 heavy (non-hydrogen) atoms. The average Bonchev–Trinajstić information content (AvgIpc) is 2.31. The second kappa shape index (κ2) is 5.16. The minimum Gasteiger partial charge on any atom is -0.423 e. The summed E-state index contributed by atoms with van der Waals surface area (Å²) in [5, 5.41) is 0.594. The minimum atomic E-state index is -0.616. The Hall–Kier alpha value is -2.63. The van der Waals surface area contributed by atoms with Crippen LogP contribution in [0.4, 0.5) is 0 Å². The Bertz CT molecular complexity index is 756. The van der Waals surface area contributed by atoms with Crippen molar-refractivity contribution in [1.82, 2.24) is 0 Å². The molecule has 104 valence electrons. The normalized spacial score (nSPS) is 10.3. The first-order valence-electron chi connectivity index (χ1n) is 5.83. The van der Waals surface area contributed by atoms with Crippen molar-refractivity contribution in [2.24, 2.45) is 0 Å². The molecule has 0 saturated heterocycles. The second-order valence-electron chi connectivity index (χ2n) is 4.21. The Labute approximate surface area is 113 Å². The summed E-state index contributed by atoms with van der Waals surface area (Å²) in [5.41, 5.74) is 0.159. The fourth-order valence-corrected chi connectivity index (χ4v) is 1.82. The Morgan fingerprint density at radius 2 is 1.75 bits per heavy atom. The number of esters is 2. The van der Waals surface area contributed by atoms with Crippen LogP contribution in [0.15, 0.2) is 27.4 Å². The molecule has 0 N–H and O–H groups in total. The summed E-state index contributed by atoms with van der Waals surface area (Å²) in [7, 11) is 0. The monoisotopic (exact) mass is 276 g/mol. The third kappa shape index (κ3) is 2.69.